The first-order chi connectivity index (χ1) is 7.74. The zero-order chi connectivity index (χ0) is 11.4. The molecule has 1 saturated carbocycles. The summed E-state index contributed by atoms with van der Waals surface area (Å²) in [4.78, 5) is 11.6. The van der Waals surface area contributed by atoms with Crippen LogP contribution >= 0.6 is 0 Å². The van der Waals surface area contributed by atoms with Crippen LogP contribution in [0.3, 0.4) is 0 Å². The normalized spacial score (nSPS) is 16.6. The summed E-state index contributed by atoms with van der Waals surface area (Å²) < 4.78 is 1.67. The molecular formula is C11H18N4O. The van der Waals surface area contributed by atoms with E-state index >= 15 is 0 Å². The standard InChI is InChI=1S/C11H18N4O/c1-15-7-6-10(14-15)13-11(16)8-12-9-4-2-3-5-9/h6-7,9,12H,2-5,8H2,1H3,(H,13,14,16). The minimum atomic E-state index is -0.0226. The quantitative estimate of drug-likeness (QED) is 0.795. The number of hydrogen-bond donors (Lipinski definition) is 2. The highest BCUT2D eigenvalue weighted by molar-refractivity contribution is 5.91. The van der Waals surface area contributed by atoms with Gasteiger partial charge in [0.25, 0.3) is 0 Å². The van der Waals surface area contributed by atoms with Gasteiger partial charge in [0, 0.05) is 25.4 Å². The maximum atomic E-state index is 11.6. The van der Waals surface area contributed by atoms with Crippen molar-refractivity contribution in [2.75, 3.05) is 11.9 Å². The van der Waals surface area contributed by atoms with E-state index in [0.717, 1.165) is 0 Å². The van der Waals surface area contributed by atoms with Gasteiger partial charge in [-0.15, -0.1) is 0 Å². The Balaban J connectivity index is 1.71. The van der Waals surface area contributed by atoms with Crippen LogP contribution in [0.2, 0.25) is 0 Å². The van der Waals surface area contributed by atoms with Crippen molar-refractivity contribution in [2.45, 2.75) is 31.7 Å². The van der Waals surface area contributed by atoms with Gasteiger partial charge >= 0.3 is 0 Å². The second-order valence-electron chi connectivity index (χ2n) is 4.29. The van der Waals surface area contributed by atoms with Crippen LogP contribution in [-0.2, 0) is 11.8 Å². The molecule has 1 aliphatic carbocycles. The predicted octanol–water partition coefficient (Wildman–Crippen LogP) is 0.891. The molecule has 2 rings (SSSR count). The molecule has 1 heterocycles. The Labute approximate surface area is 95.2 Å². The molecule has 0 aromatic carbocycles. The highest BCUT2D eigenvalue weighted by atomic mass is 16.2. The van der Waals surface area contributed by atoms with Crippen LogP contribution < -0.4 is 10.6 Å². The van der Waals surface area contributed by atoms with Gasteiger partial charge in [-0.25, -0.2) is 0 Å². The molecule has 0 unspecified atom stereocenters. The lowest BCUT2D eigenvalue weighted by molar-refractivity contribution is -0.115. The van der Waals surface area contributed by atoms with Gasteiger partial charge in [0.2, 0.25) is 5.91 Å². The van der Waals surface area contributed by atoms with Crippen LogP contribution in [0.15, 0.2) is 12.3 Å². The van der Waals surface area contributed by atoms with Crippen molar-refractivity contribution < 1.29 is 4.79 Å². The molecule has 0 atom stereocenters. The summed E-state index contributed by atoms with van der Waals surface area (Å²) in [5.41, 5.74) is 0. The van der Waals surface area contributed by atoms with Gasteiger partial charge in [-0.1, -0.05) is 12.8 Å². The van der Waals surface area contributed by atoms with Gasteiger partial charge < -0.3 is 10.6 Å². The molecule has 88 valence electrons. The number of carbonyl (C=O) groups is 1. The zero-order valence-corrected chi connectivity index (χ0v) is 9.57. The van der Waals surface area contributed by atoms with Gasteiger partial charge in [-0.3, -0.25) is 9.48 Å². The number of aryl methyl sites for hydroxylation is 1. The first-order valence-electron chi connectivity index (χ1n) is 5.77. The van der Waals surface area contributed by atoms with Crippen LogP contribution in [0.1, 0.15) is 25.7 Å². The molecule has 1 aromatic rings. The summed E-state index contributed by atoms with van der Waals surface area (Å²) in [6.45, 7) is 0.376. The Morgan fingerprint density at radius 3 is 2.94 bits per heavy atom. The van der Waals surface area contributed by atoms with Gasteiger partial charge in [0.15, 0.2) is 5.82 Å². The van der Waals surface area contributed by atoms with Gasteiger partial charge in [0.1, 0.15) is 0 Å². The Hall–Kier alpha value is -1.36. The molecule has 16 heavy (non-hydrogen) atoms. The Bertz CT molecular complexity index is 355. The van der Waals surface area contributed by atoms with E-state index in [-0.39, 0.29) is 5.91 Å². The highest BCUT2D eigenvalue weighted by Crippen LogP contribution is 2.17. The summed E-state index contributed by atoms with van der Waals surface area (Å²) in [5.74, 6) is 0.589. The fourth-order valence-corrected chi connectivity index (χ4v) is 2.04. The van der Waals surface area contributed by atoms with Crippen LogP contribution in [0.4, 0.5) is 5.82 Å². The fraction of sp³-hybridized carbons (Fsp3) is 0.636. The SMILES string of the molecule is Cn1ccc(NC(=O)CNC2CCCC2)n1. The molecule has 0 bridgehead atoms. The van der Waals surface area contributed by atoms with E-state index in [1.165, 1.54) is 25.7 Å². The first kappa shape index (κ1) is 11.1. The molecule has 1 amide bonds. The summed E-state index contributed by atoms with van der Waals surface area (Å²) in [5, 5.41) is 10.1. The van der Waals surface area contributed by atoms with Crippen LogP contribution in [0, 0.1) is 0 Å². The maximum absolute atomic E-state index is 11.6. The Morgan fingerprint density at radius 1 is 1.56 bits per heavy atom. The minimum Gasteiger partial charge on any atom is -0.308 e. The lowest BCUT2D eigenvalue weighted by Gasteiger charge is -2.10. The first-order valence-corrected chi connectivity index (χ1v) is 5.77. The average Bonchev–Trinajstić information content (AvgIpc) is 2.87. The van der Waals surface area contributed by atoms with E-state index in [1.54, 1.807) is 16.9 Å². The number of hydrogen-bond acceptors (Lipinski definition) is 3. The van der Waals surface area contributed by atoms with Gasteiger partial charge in [-0.2, -0.15) is 5.10 Å². The molecule has 5 nitrogen and oxygen atoms in total. The van der Waals surface area contributed by atoms with Crippen molar-refractivity contribution in [2.24, 2.45) is 7.05 Å². The second-order valence-corrected chi connectivity index (χ2v) is 4.29. The van der Waals surface area contributed by atoms with Crippen LogP contribution in [-0.4, -0.2) is 28.3 Å². The average molecular weight is 222 g/mol. The van der Waals surface area contributed by atoms with Gasteiger partial charge in [-0.05, 0) is 12.8 Å². The van der Waals surface area contributed by atoms with Crippen molar-refractivity contribution in [1.82, 2.24) is 15.1 Å². The van der Waals surface area contributed by atoms with Crippen molar-refractivity contribution in [3.8, 4) is 0 Å². The molecule has 0 saturated heterocycles. The number of anilines is 1. The Morgan fingerprint density at radius 2 is 2.31 bits per heavy atom. The van der Waals surface area contributed by atoms with E-state index < -0.39 is 0 Å². The molecule has 1 aromatic heterocycles. The molecular weight excluding hydrogens is 204 g/mol. The summed E-state index contributed by atoms with van der Waals surface area (Å²) in [7, 11) is 1.83. The third kappa shape index (κ3) is 3.06. The molecule has 0 spiro atoms. The Kier molecular flexibility index (Phi) is 3.56. The fourth-order valence-electron chi connectivity index (χ4n) is 2.04. The van der Waals surface area contributed by atoms with E-state index in [0.29, 0.717) is 18.4 Å². The number of aromatic nitrogens is 2. The topological polar surface area (TPSA) is 59.0 Å². The number of rotatable bonds is 4. The third-order valence-electron chi connectivity index (χ3n) is 2.89. The molecule has 1 aliphatic rings. The van der Waals surface area contributed by atoms with Crippen molar-refractivity contribution in [3.63, 3.8) is 0 Å². The third-order valence-corrected chi connectivity index (χ3v) is 2.89. The van der Waals surface area contributed by atoms with Crippen molar-refractivity contribution in [1.29, 1.82) is 0 Å². The lowest BCUT2D eigenvalue weighted by atomic mass is 10.2. The van der Waals surface area contributed by atoms with E-state index in [2.05, 4.69) is 15.7 Å². The van der Waals surface area contributed by atoms with E-state index in [1.807, 2.05) is 7.05 Å². The molecule has 1 fully saturated rings. The van der Waals surface area contributed by atoms with Gasteiger partial charge in [0.05, 0.1) is 6.54 Å². The largest absolute Gasteiger partial charge is 0.308 e. The number of carbonyl (C=O) groups excluding carboxylic acids is 1. The smallest absolute Gasteiger partial charge is 0.239 e. The maximum Gasteiger partial charge on any atom is 0.239 e. The van der Waals surface area contributed by atoms with Crippen molar-refractivity contribution >= 4 is 11.7 Å². The summed E-state index contributed by atoms with van der Waals surface area (Å²) in [6.07, 6.45) is 6.74. The lowest BCUT2D eigenvalue weighted by Crippen LogP contribution is -2.34. The van der Waals surface area contributed by atoms with E-state index in [4.69, 9.17) is 0 Å². The monoisotopic (exact) mass is 222 g/mol. The zero-order valence-electron chi connectivity index (χ0n) is 9.57. The van der Waals surface area contributed by atoms with Crippen LogP contribution in [0.5, 0.6) is 0 Å². The number of nitrogens with zero attached hydrogens (tertiary/aromatic N) is 2. The summed E-state index contributed by atoms with van der Waals surface area (Å²) in [6, 6.07) is 2.31. The summed E-state index contributed by atoms with van der Waals surface area (Å²) >= 11 is 0. The number of nitrogens with one attached hydrogen (secondary N) is 2. The highest BCUT2D eigenvalue weighted by Gasteiger charge is 2.15. The number of amides is 1. The predicted molar refractivity (Wildman–Crippen MR) is 62.1 cm³/mol. The van der Waals surface area contributed by atoms with Crippen LogP contribution in [0.25, 0.3) is 0 Å². The second kappa shape index (κ2) is 5.12. The molecule has 0 aliphatic heterocycles. The molecule has 5 heteroatoms. The minimum absolute atomic E-state index is 0.0226. The van der Waals surface area contributed by atoms with E-state index in [9.17, 15) is 4.79 Å². The molecule has 2 N–H and O–H groups in total. The van der Waals surface area contributed by atoms with Crippen molar-refractivity contribution in [3.05, 3.63) is 12.3 Å². The molecule has 0 radical (unpaired) electrons.